The molecule has 148 valence electrons. The molecule has 1 aromatic carbocycles. The molecule has 8 heteroatoms. The highest BCUT2D eigenvalue weighted by Crippen LogP contribution is 2.35. The molecule has 1 atom stereocenters. The monoisotopic (exact) mass is 428 g/mol. The Morgan fingerprint density at radius 1 is 1.10 bits per heavy atom. The highest BCUT2D eigenvalue weighted by atomic mass is 32.1. The van der Waals surface area contributed by atoms with Gasteiger partial charge in [-0.1, -0.05) is 30.3 Å². The molecule has 1 aliphatic rings. The molecule has 1 aliphatic heterocycles. The first kappa shape index (κ1) is 19.5. The third-order valence-electron chi connectivity index (χ3n) is 4.49. The normalized spacial score (nSPS) is 16.0. The summed E-state index contributed by atoms with van der Waals surface area (Å²) >= 11 is 3.12. The fourth-order valence-corrected chi connectivity index (χ4v) is 4.62. The summed E-state index contributed by atoms with van der Waals surface area (Å²) in [6.45, 7) is -0.434. The molecule has 0 bridgehead atoms. The second-order valence-corrected chi connectivity index (χ2v) is 8.35. The Morgan fingerprint density at radius 3 is 2.62 bits per heavy atom. The molecule has 29 heavy (non-hydrogen) atoms. The molecule has 0 radical (unpaired) electrons. The first-order valence-electron chi connectivity index (χ1n) is 8.97. The number of hydrogen-bond donors (Lipinski definition) is 0. The van der Waals surface area contributed by atoms with Crippen molar-refractivity contribution in [2.24, 2.45) is 5.10 Å². The number of thiophene rings is 2. The van der Waals surface area contributed by atoms with Crippen LogP contribution in [-0.4, -0.2) is 29.2 Å². The van der Waals surface area contributed by atoms with E-state index in [-0.39, 0.29) is 18.0 Å². The number of ether oxygens (including phenoxy) is 1. The minimum Gasteiger partial charge on any atom is -0.455 e. The lowest BCUT2D eigenvalue weighted by Gasteiger charge is -2.20. The SMILES string of the molecule is O=C(Cc1ccccc1F)OCC(=O)N1N=C(c2cccs2)CC1c1cccs1. The predicted molar refractivity (Wildman–Crippen MR) is 110 cm³/mol. The molecule has 0 N–H and O–H groups in total. The van der Waals surface area contributed by atoms with Crippen LogP contribution in [0.25, 0.3) is 0 Å². The Morgan fingerprint density at radius 2 is 1.90 bits per heavy atom. The second kappa shape index (κ2) is 8.67. The Balaban J connectivity index is 1.44. The first-order chi connectivity index (χ1) is 14.1. The van der Waals surface area contributed by atoms with Gasteiger partial charge >= 0.3 is 5.97 Å². The van der Waals surface area contributed by atoms with Gasteiger partial charge in [0.15, 0.2) is 6.61 Å². The number of hydrogen-bond acceptors (Lipinski definition) is 6. The molecule has 0 saturated carbocycles. The van der Waals surface area contributed by atoms with Gasteiger partial charge in [0.05, 0.1) is 23.1 Å². The number of carbonyl (C=O) groups excluding carboxylic acids is 2. The highest BCUT2D eigenvalue weighted by Gasteiger charge is 2.34. The van der Waals surface area contributed by atoms with Gasteiger partial charge in [-0.3, -0.25) is 9.59 Å². The van der Waals surface area contributed by atoms with Gasteiger partial charge in [0.2, 0.25) is 0 Å². The van der Waals surface area contributed by atoms with Gasteiger partial charge in [-0.15, -0.1) is 22.7 Å². The number of benzene rings is 1. The predicted octanol–water partition coefficient (Wildman–Crippen LogP) is 4.41. The zero-order valence-corrected chi connectivity index (χ0v) is 16.9. The Labute approximate surface area is 175 Å². The lowest BCUT2D eigenvalue weighted by Crippen LogP contribution is -2.31. The first-order valence-corrected chi connectivity index (χ1v) is 10.7. The average molecular weight is 429 g/mol. The van der Waals surface area contributed by atoms with Crippen LogP contribution in [0.4, 0.5) is 4.39 Å². The van der Waals surface area contributed by atoms with E-state index in [0.29, 0.717) is 6.42 Å². The Kier molecular flexibility index (Phi) is 5.82. The summed E-state index contributed by atoms with van der Waals surface area (Å²) in [7, 11) is 0. The molecule has 0 fully saturated rings. The van der Waals surface area contributed by atoms with Gasteiger partial charge in [-0.05, 0) is 34.5 Å². The van der Waals surface area contributed by atoms with Crippen LogP contribution in [0.15, 0.2) is 64.4 Å². The largest absolute Gasteiger partial charge is 0.455 e. The van der Waals surface area contributed by atoms with Crippen molar-refractivity contribution in [2.75, 3.05) is 6.61 Å². The molecule has 0 saturated heterocycles. The maximum absolute atomic E-state index is 13.7. The number of nitrogens with zero attached hydrogens (tertiary/aromatic N) is 2. The van der Waals surface area contributed by atoms with Crippen molar-refractivity contribution in [3.63, 3.8) is 0 Å². The third kappa shape index (κ3) is 4.44. The van der Waals surface area contributed by atoms with Gasteiger partial charge < -0.3 is 4.74 Å². The van der Waals surface area contributed by atoms with E-state index >= 15 is 0 Å². The van der Waals surface area contributed by atoms with Crippen LogP contribution < -0.4 is 0 Å². The Hall–Kier alpha value is -2.84. The van der Waals surface area contributed by atoms with Crippen molar-refractivity contribution in [1.82, 2.24) is 5.01 Å². The van der Waals surface area contributed by atoms with E-state index < -0.39 is 24.3 Å². The van der Waals surface area contributed by atoms with Crippen molar-refractivity contribution in [3.05, 3.63) is 80.4 Å². The fourth-order valence-electron chi connectivity index (χ4n) is 3.09. The minimum atomic E-state index is -0.655. The molecule has 1 amide bonds. The molecule has 1 unspecified atom stereocenters. The van der Waals surface area contributed by atoms with Crippen LogP contribution >= 0.6 is 22.7 Å². The fraction of sp³-hybridized carbons (Fsp3) is 0.190. The molecular weight excluding hydrogens is 411 g/mol. The average Bonchev–Trinajstić information content (AvgIpc) is 3.48. The second-order valence-electron chi connectivity index (χ2n) is 6.43. The number of halogens is 1. The van der Waals surface area contributed by atoms with Crippen molar-refractivity contribution in [1.29, 1.82) is 0 Å². The zero-order valence-electron chi connectivity index (χ0n) is 15.3. The number of hydrazone groups is 1. The van der Waals surface area contributed by atoms with Crippen LogP contribution in [-0.2, 0) is 20.7 Å². The topological polar surface area (TPSA) is 59.0 Å². The molecule has 0 spiro atoms. The molecule has 3 aromatic rings. The smallest absolute Gasteiger partial charge is 0.310 e. The number of amides is 1. The summed E-state index contributed by atoms with van der Waals surface area (Å²) in [6, 6.07) is 13.6. The molecule has 4 rings (SSSR count). The highest BCUT2D eigenvalue weighted by molar-refractivity contribution is 7.12. The van der Waals surface area contributed by atoms with Crippen LogP contribution in [0.2, 0.25) is 0 Å². The summed E-state index contributed by atoms with van der Waals surface area (Å²) in [5.74, 6) is -1.53. The standard InChI is InChI=1S/C21H17FN2O3S2/c22-15-6-2-1-5-14(15)11-21(26)27-13-20(25)24-17(19-8-4-10-29-19)12-16(23-24)18-7-3-9-28-18/h1-10,17H,11-13H2. The summed E-state index contributed by atoms with van der Waals surface area (Å²) < 4.78 is 18.8. The van der Waals surface area contributed by atoms with Gasteiger partial charge in [-0.2, -0.15) is 5.10 Å². The van der Waals surface area contributed by atoms with E-state index in [9.17, 15) is 14.0 Å². The van der Waals surface area contributed by atoms with Gasteiger partial charge in [-0.25, -0.2) is 9.40 Å². The van der Waals surface area contributed by atoms with Crippen LogP contribution in [0.1, 0.15) is 27.8 Å². The van der Waals surface area contributed by atoms with Gasteiger partial charge in [0.1, 0.15) is 5.82 Å². The van der Waals surface area contributed by atoms with E-state index in [4.69, 9.17) is 4.74 Å². The van der Waals surface area contributed by atoms with Crippen LogP contribution in [0, 0.1) is 5.82 Å². The number of esters is 1. The van der Waals surface area contributed by atoms with Crippen LogP contribution in [0.3, 0.4) is 0 Å². The van der Waals surface area contributed by atoms with Crippen molar-refractivity contribution in [3.8, 4) is 0 Å². The van der Waals surface area contributed by atoms with Crippen molar-refractivity contribution in [2.45, 2.75) is 18.9 Å². The van der Waals surface area contributed by atoms with Crippen molar-refractivity contribution >= 4 is 40.3 Å². The summed E-state index contributed by atoms with van der Waals surface area (Å²) in [4.78, 5) is 26.9. The third-order valence-corrected chi connectivity index (χ3v) is 6.38. The Bertz CT molecular complexity index is 1030. The maximum Gasteiger partial charge on any atom is 0.310 e. The maximum atomic E-state index is 13.7. The van der Waals surface area contributed by atoms with Gasteiger partial charge in [0.25, 0.3) is 5.91 Å². The van der Waals surface area contributed by atoms with Gasteiger partial charge in [0, 0.05) is 11.3 Å². The lowest BCUT2D eigenvalue weighted by molar-refractivity contribution is -0.152. The number of rotatable bonds is 6. The minimum absolute atomic E-state index is 0.218. The molecular formula is C21H17FN2O3S2. The van der Waals surface area contributed by atoms with E-state index in [1.807, 2.05) is 35.0 Å². The van der Waals surface area contributed by atoms with E-state index in [2.05, 4.69) is 5.10 Å². The zero-order chi connectivity index (χ0) is 20.2. The molecule has 5 nitrogen and oxygen atoms in total. The van der Waals surface area contributed by atoms with Crippen LogP contribution in [0.5, 0.6) is 0 Å². The summed E-state index contributed by atoms with van der Waals surface area (Å²) in [5, 5.41) is 9.83. The number of carbonyl (C=O) groups is 2. The van der Waals surface area contributed by atoms with E-state index in [0.717, 1.165) is 15.5 Å². The van der Waals surface area contributed by atoms with Crippen molar-refractivity contribution < 1.29 is 18.7 Å². The molecule has 0 aliphatic carbocycles. The van der Waals surface area contributed by atoms with E-state index in [1.54, 1.807) is 34.8 Å². The molecule has 3 heterocycles. The lowest BCUT2D eigenvalue weighted by atomic mass is 10.1. The molecule has 2 aromatic heterocycles. The van der Waals surface area contributed by atoms with E-state index in [1.165, 1.54) is 17.1 Å². The quantitative estimate of drug-likeness (QED) is 0.547. The summed E-state index contributed by atoms with van der Waals surface area (Å²) in [6.07, 6.45) is 0.383. The summed E-state index contributed by atoms with van der Waals surface area (Å²) in [5.41, 5.74) is 1.07.